The van der Waals surface area contributed by atoms with E-state index in [1.54, 1.807) is 0 Å². The minimum atomic E-state index is -0.194. The highest BCUT2D eigenvalue weighted by atomic mass is 16.6. The van der Waals surface area contributed by atoms with E-state index in [0.29, 0.717) is 76.2 Å². The molecule has 2 N–H and O–H groups in total. The van der Waals surface area contributed by atoms with Crippen LogP contribution in [0.1, 0.15) is 30.1 Å². The lowest BCUT2D eigenvalue weighted by molar-refractivity contribution is -0.121. The number of anilines is 1. The van der Waals surface area contributed by atoms with Gasteiger partial charge in [-0.25, -0.2) is 0 Å². The molecule has 0 atom stereocenters. The van der Waals surface area contributed by atoms with E-state index in [2.05, 4.69) is 34.9 Å². The molecule has 8 heteroatoms. The second-order valence-corrected chi connectivity index (χ2v) is 9.46. The van der Waals surface area contributed by atoms with Crippen molar-refractivity contribution in [2.45, 2.75) is 19.8 Å². The zero-order chi connectivity index (χ0) is 28.7. The summed E-state index contributed by atoms with van der Waals surface area (Å²) in [5.41, 5.74) is 1.21. The summed E-state index contributed by atoms with van der Waals surface area (Å²) in [4.78, 5) is 24.7. The number of rotatable bonds is 17. The molecule has 0 aliphatic heterocycles. The molecule has 2 amide bonds. The van der Waals surface area contributed by atoms with Crippen LogP contribution < -0.4 is 15.4 Å². The van der Waals surface area contributed by atoms with E-state index in [-0.39, 0.29) is 11.8 Å². The van der Waals surface area contributed by atoms with Gasteiger partial charge in [-0.15, -0.1) is 0 Å². The molecule has 0 aliphatic carbocycles. The van der Waals surface area contributed by atoms with E-state index in [9.17, 15) is 9.59 Å². The van der Waals surface area contributed by atoms with Crippen LogP contribution in [-0.4, -0.2) is 64.6 Å². The van der Waals surface area contributed by atoms with Gasteiger partial charge in [0.15, 0.2) is 0 Å². The van der Waals surface area contributed by atoms with Crippen molar-refractivity contribution in [3.63, 3.8) is 0 Å². The number of ether oxygens (including phenoxy) is 4. The van der Waals surface area contributed by atoms with Crippen molar-refractivity contribution in [3.05, 3.63) is 84.4 Å². The van der Waals surface area contributed by atoms with Crippen LogP contribution in [-0.2, 0) is 19.0 Å². The van der Waals surface area contributed by atoms with Crippen LogP contribution in [0.2, 0.25) is 0 Å². The lowest BCUT2D eigenvalue weighted by Crippen LogP contribution is -2.27. The summed E-state index contributed by atoms with van der Waals surface area (Å²) in [7, 11) is 0. The first-order valence-electron chi connectivity index (χ1n) is 14.1. The van der Waals surface area contributed by atoms with Crippen LogP contribution >= 0.6 is 0 Å². The fourth-order valence-electron chi connectivity index (χ4n) is 4.38. The molecule has 8 nitrogen and oxygen atoms in total. The Labute approximate surface area is 240 Å². The van der Waals surface area contributed by atoms with E-state index >= 15 is 0 Å². The number of carbonyl (C=O) groups is 2. The Morgan fingerprint density at radius 3 is 2.07 bits per heavy atom. The van der Waals surface area contributed by atoms with Gasteiger partial charge in [0.1, 0.15) is 12.4 Å². The van der Waals surface area contributed by atoms with Gasteiger partial charge in [-0.3, -0.25) is 9.59 Å². The molecular formula is C33H38N2O6. The van der Waals surface area contributed by atoms with Crippen molar-refractivity contribution in [2.24, 2.45) is 0 Å². The molecule has 0 spiro atoms. The zero-order valence-electron chi connectivity index (χ0n) is 23.5. The standard InChI is InChI=1S/C33H38N2O6/c1-2-8-32(36)34-15-16-38-17-18-39-19-20-40-21-22-41-31-14-6-5-13-30(31)35-33(37)28-12-7-11-27-23-25-9-3-4-10-26(25)24-29(27)28/h3-7,9-14,23-24H,2,8,15-22H2,1H3,(H,34,36)(H,35,37). The first kappa shape index (κ1) is 30.0. The van der Waals surface area contributed by atoms with Crippen LogP contribution in [0.5, 0.6) is 5.75 Å². The molecule has 0 fully saturated rings. The number of amides is 2. The van der Waals surface area contributed by atoms with Crippen molar-refractivity contribution < 1.29 is 28.5 Å². The molecule has 0 aliphatic rings. The number of nitrogens with one attached hydrogen (secondary N) is 2. The third kappa shape index (κ3) is 9.28. The molecule has 0 heterocycles. The molecule has 0 saturated heterocycles. The highest BCUT2D eigenvalue weighted by Crippen LogP contribution is 2.28. The highest BCUT2D eigenvalue weighted by molar-refractivity contribution is 6.15. The second kappa shape index (κ2) is 16.3. The maximum atomic E-state index is 13.3. The highest BCUT2D eigenvalue weighted by Gasteiger charge is 2.13. The van der Waals surface area contributed by atoms with E-state index in [1.807, 2.05) is 61.5 Å². The molecule has 0 saturated carbocycles. The molecule has 41 heavy (non-hydrogen) atoms. The Hall–Kier alpha value is -3.98. The average molecular weight is 559 g/mol. The summed E-state index contributed by atoms with van der Waals surface area (Å²) in [6.07, 6.45) is 1.38. The van der Waals surface area contributed by atoms with Gasteiger partial charge in [0.05, 0.1) is 45.3 Å². The first-order valence-corrected chi connectivity index (χ1v) is 14.1. The quantitative estimate of drug-likeness (QED) is 0.130. The first-order chi connectivity index (χ1) is 20.2. The van der Waals surface area contributed by atoms with Crippen molar-refractivity contribution in [2.75, 3.05) is 58.1 Å². The van der Waals surface area contributed by atoms with Gasteiger partial charge in [0.2, 0.25) is 5.91 Å². The van der Waals surface area contributed by atoms with E-state index in [1.165, 1.54) is 0 Å². The summed E-state index contributed by atoms with van der Waals surface area (Å²) >= 11 is 0. The van der Waals surface area contributed by atoms with E-state index in [4.69, 9.17) is 18.9 Å². The third-order valence-electron chi connectivity index (χ3n) is 6.40. The topological polar surface area (TPSA) is 95.1 Å². The summed E-state index contributed by atoms with van der Waals surface area (Å²) in [5, 5.41) is 9.96. The van der Waals surface area contributed by atoms with E-state index < -0.39 is 0 Å². The number of benzene rings is 4. The van der Waals surface area contributed by atoms with Crippen LogP contribution in [0.25, 0.3) is 21.5 Å². The van der Waals surface area contributed by atoms with Crippen molar-refractivity contribution >= 4 is 39.0 Å². The Kier molecular flexibility index (Phi) is 11.9. The van der Waals surface area contributed by atoms with Crippen molar-refractivity contribution in [1.29, 1.82) is 0 Å². The SMILES string of the molecule is CCCC(=O)NCCOCCOCCOCCOc1ccccc1NC(=O)c1cccc2cc3ccccc3cc12. The molecule has 216 valence electrons. The maximum absolute atomic E-state index is 13.3. The van der Waals surface area contributed by atoms with Gasteiger partial charge in [-0.2, -0.15) is 0 Å². The normalized spacial score (nSPS) is 11.0. The molecule has 4 aromatic carbocycles. The fourth-order valence-corrected chi connectivity index (χ4v) is 4.38. The number of hydrogen-bond acceptors (Lipinski definition) is 6. The van der Waals surface area contributed by atoms with Crippen LogP contribution in [0.4, 0.5) is 5.69 Å². The van der Waals surface area contributed by atoms with Crippen molar-refractivity contribution in [1.82, 2.24) is 5.32 Å². The van der Waals surface area contributed by atoms with Crippen LogP contribution in [0.15, 0.2) is 78.9 Å². The Morgan fingerprint density at radius 2 is 1.32 bits per heavy atom. The van der Waals surface area contributed by atoms with Gasteiger partial charge in [-0.05, 0) is 58.3 Å². The van der Waals surface area contributed by atoms with Crippen LogP contribution in [0, 0.1) is 0 Å². The van der Waals surface area contributed by atoms with Gasteiger partial charge in [0, 0.05) is 18.5 Å². The Balaban J connectivity index is 1.16. The predicted octanol–water partition coefficient (Wildman–Crippen LogP) is 5.59. The molecule has 0 radical (unpaired) electrons. The molecule has 4 aromatic rings. The van der Waals surface area contributed by atoms with Gasteiger partial charge in [-0.1, -0.05) is 55.5 Å². The number of fused-ring (bicyclic) bond motifs is 2. The van der Waals surface area contributed by atoms with Crippen LogP contribution in [0.3, 0.4) is 0 Å². The Morgan fingerprint density at radius 1 is 0.683 bits per heavy atom. The van der Waals surface area contributed by atoms with Crippen molar-refractivity contribution in [3.8, 4) is 5.75 Å². The average Bonchev–Trinajstić information content (AvgIpc) is 2.99. The monoisotopic (exact) mass is 558 g/mol. The third-order valence-corrected chi connectivity index (χ3v) is 6.40. The largest absolute Gasteiger partial charge is 0.489 e. The lowest BCUT2D eigenvalue weighted by atomic mass is 9.99. The zero-order valence-corrected chi connectivity index (χ0v) is 23.5. The van der Waals surface area contributed by atoms with Gasteiger partial charge in [0.25, 0.3) is 5.91 Å². The minimum Gasteiger partial charge on any atom is -0.489 e. The summed E-state index contributed by atoms with van der Waals surface area (Å²) < 4.78 is 22.4. The van der Waals surface area contributed by atoms with E-state index in [0.717, 1.165) is 28.0 Å². The molecule has 0 bridgehead atoms. The Bertz CT molecular complexity index is 1420. The van der Waals surface area contributed by atoms with Gasteiger partial charge >= 0.3 is 0 Å². The smallest absolute Gasteiger partial charge is 0.256 e. The molecule has 0 unspecified atom stereocenters. The number of carbonyl (C=O) groups excluding carboxylic acids is 2. The lowest BCUT2D eigenvalue weighted by Gasteiger charge is -2.14. The molecular weight excluding hydrogens is 520 g/mol. The summed E-state index contributed by atoms with van der Waals surface area (Å²) in [6, 6.07) is 25.4. The molecule has 4 rings (SSSR count). The summed E-state index contributed by atoms with van der Waals surface area (Å²) in [6.45, 7) is 5.47. The maximum Gasteiger partial charge on any atom is 0.256 e. The number of para-hydroxylation sites is 2. The predicted molar refractivity (Wildman–Crippen MR) is 162 cm³/mol. The summed E-state index contributed by atoms with van der Waals surface area (Å²) in [5.74, 6) is 0.437. The number of hydrogen-bond donors (Lipinski definition) is 2. The molecule has 0 aromatic heterocycles. The second-order valence-electron chi connectivity index (χ2n) is 9.46. The fraction of sp³-hybridized carbons (Fsp3) is 0.333. The minimum absolute atomic E-state index is 0.0524. The van der Waals surface area contributed by atoms with Gasteiger partial charge < -0.3 is 29.6 Å².